The summed E-state index contributed by atoms with van der Waals surface area (Å²) in [5.74, 6) is 0.891. The van der Waals surface area contributed by atoms with Crippen molar-refractivity contribution in [3.63, 3.8) is 0 Å². The Morgan fingerprint density at radius 2 is 1.86 bits per heavy atom. The molecule has 0 heterocycles. The van der Waals surface area contributed by atoms with Crippen LogP contribution in [-0.4, -0.2) is 28.2 Å². The summed E-state index contributed by atoms with van der Waals surface area (Å²) in [5, 5.41) is 22.1. The quantitative estimate of drug-likeness (QED) is 0.0812. The molecule has 1 N–H and O–H groups in total. The average molecular weight is 394 g/mol. The average Bonchev–Trinajstić information content (AvgIpc) is 2.61. The van der Waals surface area contributed by atoms with Crippen LogP contribution in [0.25, 0.3) is 0 Å². The number of nitrogens with zero attached hydrogens (tertiary/aromatic N) is 1. The molecule has 2 atom stereocenters. The van der Waals surface area contributed by atoms with Crippen LogP contribution in [0.4, 0.5) is 0 Å². The van der Waals surface area contributed by atoms with E-state index in [2.05, 4.69) is 19.9 Å². The molecule has 2 unspecified atom stereocenters. The van der Waals surface area contributed by atoms with E-state index >= 15 is 0 Å². The zero-order chi connectivity index (χ0) is 20.8. The molecule has 1 rings (SSSR count). The van der Waals surface area contributed by atoms with Crippen molar-refractivity contribution < 1.29 is 9.85 Å². The molecule has 0 fully saturated rings. The molecule has 0 aliphatic heterocycles. The van der Waals surface area contributed by atoms with Crippen molar-refractivity contribution in [2.45, 2.75) is 123 Å². The molecule has 0 saturated heterocycles. The third-order valence-corrected chi connectivity index (χ3v) is 6.00. The molecule has 0 radical (unpaired) electrons. The molecular formula is C25H47NO2. The second-order valence-corrected chi connectivity index (χ2v) is 9.83. The van der Waals surface area contributed by atoms with Crippen molar-refractivity contribution in [2.75, 3.05) is 6.54 Å². The molecule has 3 nitrogen and oxygen atoms in total. The lowest BCUT2D eigenvalue weighted by atomic mass is 9.87. The maximum Gasteiger partial charge on any atom is 0.155 e. The highest BCUT2D eigenvalue weighted by Crippen LogP contribution is 2.27. The monoisotopic (exact) mass is 393 g/mol. The first kappa shape index (κ1) is 25.2. The first-order chi connectivity index (χ1) is 13.3. The van der Waals surface area contributed by atoms with E-state index in [4.69, 9.17) is 0 Å². The Morgan fingerprint density at radius 3 is 2.46 bits per heavy atom. The molecule has 0 aromatic heterocycles. The van der Waals surface area contributed by atoms with Gasteiger partial charge in [-0.25, -0.2) is 4.74 Å². The Bertz CT molecular complexity index is 462. The van der Waals surface area contributed by atoms with Gasteiger partial charge in [-0.15, -0.1) is 0 Å². The van der Waals surface area contributed by atoms with E-state index < -0.39 is 5.60 Å². The molecule has 0 spiro atoms. The predicted molar refractivity (Wildman–Crippen MR) is 122 cm³/mol. The number of hydrogen-bond acceptors (Lipinski definition) is 2. The number of unbranched alkanes of at least 4 members (excludes halogenated alkanes) is 6. The lowest BCUT2D eigenvalue weighted by Crippen LogP contribution is -2.20. The van der Waals surface area contributed by atoms with Crippen LogP contribution in [-0.2, 0) is 0 Å². The summed E-state index contributed by atoms with van der Waals surface area (Å²) in [6, 6.07) is 0. The van der Waals surface area contributed by atoms with Crippen molar-refractivity contribution in [1.82, 2.24) is 0 Å². The van der Waals surface area contributed by atoms with E-state index in [0.717, 1.165) is 38.5 Å². The summed E-state index contributed by atoms with van der Waals surface area (Å²) >= 11 is 0. The van der Waals surface area contributed by atoms with Crippen LogP contribution < -0.4 is 0 Å². The Labute approximate surface area is 174 Å². The first-order valence-corrected chi connectivity index (χ1v) is 12.0. The largest absolute Gasteiger partial charge is 0.624 e. The van der Waals surface area contributed by atoms with E-state index in [1.54, 1.807) is 0 Å². The fourth-order valence-electron chi connectivity index (χ4n) is 4.16. The lowest BCUT2D eigenvalue weighted by molar-refractivity contribution is -0.463. The third-order valence-electron chi connectivity index (χ3n) is 6.00. The molecule has 28 heavy (non-hydrogen) atoms. The van der Waals surface area contributed by atoms with Gasteiger partial charge in [0.15, 0.2) is 12.8 Å². The highest BCUT2D eigenvalue weighted by atomic mass is 16.5. The van der Waals surface area contributed by atoms with Gasteiger partial charge in [-0.2, -0.15) is 0 Å². The van der Waals surface area contributed by atoms with E-state index in [9.17, 15) is 10.3 Å². The Morgan fingerprint density at radius 1 is 1.18 bits per heavy atom. The molecule has 1 aliphatic carbocycles. The Hall–Kier alpha value is -0.830. The lowest BCUT2D eigenvalue weighted by Gasteiger charge is -2.21. The zero-order valence-corrected chi connectivity index (χ0v) is 19.2. The van der Waals surface area contributed by atoms with E-state index in [1.807, 2.05) is 20.1 Å². The minimum absolute atomic E-state index is 0.404. The fraction of sp³-hybridized carbons (Fsp3) is 0.880. The maximum absolute atomic E-state index is 12.3. The number of allylic oxidation sites excluding steroid dienone is 2. The smallest absolute Gasteiger partial charge is 0.155 e. The number of hydroxylamine groups is 1. The van der Waals surface area contributed by atoms with Gasteiger partial charge in [0.1, 0.15) is 0 Å². The molecule has 1 aliphatic rings. The number of rotatable bonds is 15. The molecule has 0 aromatic carbocycles. The molecule has 164 valence electrons. The van der Waals surface area contributed by atoms with E-state index in [-0.39, 0.29) is 0 Å². The van der Waals surface area contributed by atoms with Gasteiger partial charge < -0.3 is 10.3 Å². The molecule has 0 amide bonds. The van der Waals surface area contributed by atoms with Crippen molar-refractivity contribution >= 4 is 6.21 Å². The summed E-state index contributed by atoms with van der Waals surface area (Å²) in [5.41, 5.74) is 0.957. The van der Waals surface area contributed by atoms with Crippen LogP contribution in [0.1, 0.15) is 118 Å². The van der Waals surface area contributed by atoms with Crippen LogP contribution in [0.15, 0.2) is 11.6 Å². The third kappa shape index (κ3) is 13.4. The van der Waals surface area contributed by atoms with Crippen molar-refractivity contribution in [2.24, 2.45) is 11.8 Å². The summed E-state index contributed by atoms with van der Waals surface area (Å²) in [7, 11) is 0. The van der Waals surface area contributed by atoms with Gasteiger partial charge in [0.25, 0.3) is 0 Å². The minimum Gasteiger partial charge on any atom is -0.624 e. The molecule has 3 heteroatoms. The molecular weight excluding hydrogens is 346 g/mol. The Balaban J connectivity index is 2.18. The summed E-state index contributed by atoms with van der Waals surface area (Å²) in [6.45, 7) is 8.89. The highest BCUT2D eigenvalue weighted by molar-refractivity contribution is 5.56. The van der Waals surface area contributed by atoms with Gasteiger partial charge in [-0.05, 0) is 58.8 Å². The summed E-state index contributed by atoms with van der Waals surface area (Å²) in [4.78, 5) is 0. The Kier molecular flexibility index (Phi) is 12.8. The van der Waals surface area contributed by atoms with Gasteiger partial charge in [0, 0.05) is 11.8 Å². The number of aliphatic hydroxyl groups is 1. The van der Waals surface area contributed by atoms with Gasteiger partial charge in [0.05, 0.1) is 5.60 Å². The van der Waals surface area contributed by atoms with Crippen molar-refractivity contribution in [3.05, 3.63) is 16.9 Å². The van der Waals surface area contributed by atoms with Crippen LogP contribution in [0, 0.1) is 17.0 Å². The van der Waals surface area contributed by atoms with Crippen molar-refractivity contribution in [1.29, 1.82) is 0 Å². The van der Waals surface area contributed by atoms with Gasteiger partial charge in [-0.1, -0.05) is 70.4 Å². The van der Waals surface area contributed by atoms with Crippen LogP contribution >= 0.6 is 0 Å². The zero-order valence-electron chi connectivity index (χ0n) is 19.2. The highest BCUT2D eigenvalue weighted by Gasteiger charge is 2.18. The minimum atomic E-state index is -0.555. The second kappa shape index (κ2) is 14.2. The molecule has 0 aromatic rings. The number of hydrogen-bond donors (Lipinski definition) is 1. The molecule has 0 bridgehead atoms. The molecule has 0 saturated carbocycles. The van der Waals surface area contributed by atoms with Crippen LogP contribution in [0.3, 0.4) is 0 Å². The second-order valence-electron chi connectivity index (χ2n) is 9.83. The standard InChI is InChI=1S/C25H47NO2/c1-5-6-7-8-9-10-11-13-22(2)20-26(28)21-24-17-15-23(16-18-24)14-12-19-25(3,4)27/h15,21-22,24,27H,5-14,16-20H2,1-4H3. The van der Waals surface area contributed by atoms with E-state index in [0.29, 0.717) is 18.4 Å². The summed E-state index contributed by atoms with van der Waals surface area (Å²) < 4.78 is 1.21. The predicted octanol–water partition coefficient (Wildman–Crippen LogP) is 7.01. The van der Waals surface area contributed by atoms with Gasteiger partial charge >= 0.3 is 0 Å². The van der Waals surface area contributed by atoms with Crippen molar-refractivity contribution in [3.8, 4) is 0 Å². The van der Waals surface area contributed by atoms with Gasteiger partial charge in [-0.3, -0.25) is 0 Å². The van der Waals surface area contributed by atoms with Crippen LogP contribution in [0.5, 0.6) is 0 Å². The first-order valence-electron chi connectivity index (χ1n) is 12.0. The fourth-order valence-corrected chi connectivity index (χ4v) is 4.16. The SMILES string of the molecule is CCCCCCCCCC(C)C[N+]([O-])=CC1CC=C(CCCC(C)(C)O)CC1. The van der Waals surface area contributed by atoms with Gasteiger partial charge in [0.2, 0.25) is 0 Å². The van der Waals surface area contributed by atoms with Crippen LogP contribution in [0.2, 0.25) is 0 Å². The topological polar surface area (TPSA) is 46.3 Å². The maximum atomic E-state index is 12.3. The summed E-state index contributed by atoms with van der Waals surface area (Å²) in [6.07, 6.45) is 21.0. The normalized spacial score (nSPS) is 19.5. The van der Waals surface area contributed by atoms with E-state index in [1.165, 1.54) is 61.7 Å².